The molecule has 1 aromatic heterocycles. The van der Waals surface area contributed by atoms with Gasteiger partial charge in [-0.2, -0.15) is 0 Å². The maximum absolute atomic E-state index is 10.3. The van der Waals surface area contributed by atoms with Crippen molar-refractivity contribution in [2.45, 2.75) is 39.2 Å². The van der Waals surface area contributed by atoms with Crippen LogP contribution in [-0.2, 0) is 13.5 Å². The van der Waals surface area contributed by atoms with Crippen LogP contribution in [-0.4, -0.2) is 25.7 Å². The maximum atomic E-state index is 10.3. The minimum absolute atomic E-state index is 0.231. The molecular formula is C10H19N3O. The molecule has 0 spiro atoms. The predicted octanol–water partition coefficient (Wildman–Crippen LogP) is 1.15. The number of nitrogens with zero attached hydrogens (tertiary/aromatic N) is 3. The average molecular weight is 197 g/mol. The van der Waals surface area contributed by atoms with Crippen LogP contribution in [0.2, 0.25) is 0 Å². The molecule has 0 radical (unpaired) electrons. The molecule has 1 heterocycles. The largest absolute Gasteiger partial charge is 0.389 e. The fraction of sp³-hybridized carbons (Fsp3) is 0.800. The maximum Gasteiger partial charge on any atom is 0.0855 e. The van der Waals surface area contributed by atoms with Crippen LogP contribution in [0.3, 0.4) is 0 Å². The van der Waals surface area contributed by atoms with Crippen LogP contribution in [0.25, 0.3) is 0 Å². The average Bonchev–Trinajstić information content (AvgIpc) is 2.50. The van der Waals surface area contributed by atoms with Gasteiger partial charge in [0.05, 0.1) is 11.3 Å². The third kappa shape index (κ3) is 2.32. The van der Waals surface area contributed by atoms with Gasteiger partial charge in [-0.1, -0.05) is 26.0 Å². The molecule has 1 N–H and O–H groups in total. The zero-order chi connectivity index (χ0) is 10.8. The van der Waals surface area contributed by atoms with E-state index >= 15 is 0 Å². The number of aliphatic hydroxyl groups is 1. The van der Waals surface area contributed by atoms with E-state index < -0.39 is 5.60 Å². The molecule has 0 aliphatic heterocycles. The SMILES string of the molecule is CCC(O)(Cc1cn(C)nn1)C(C)C. The molecule has 1 unspecified atom stereocenters. The second-order valence-corrected chi connectivity index (χ2v) is 4.17. The zero-order valence-corrected chi connectivity index (χ0v) is 9.36. The topological polar surface area (TPSA) is 50.9 Å². The van der Waals surface area contributed by atoms with E-state index in [1.54, 1.807) is 4.68 Å². The molecule has 0 saturated carbocycles. The number of rotatable bonds is 4. The number of aryl methyl sites for hydroxylation is 1. The molecular weight excluding hydrogens is 178 g/mol. The van der Waals surface area contributed by atoms with Gasteiger partial charge in [-0.3, -0.25) is 4.68 Å². The summed E-state index contributed by atoms with van der Waals surface area (Å²) in [5.74, 6) is 0.231. The smallest absolute Gasteiger partial charge is 0.0855 e. The summed E-state index contributed by atoms with van der Waals surface area (Å²) in [4.78, 5) is 0. The van der Waals surface area contributed by atoms with Gasteiger partial charge in [0.2, 0.25) is 0 Å². The van der Waals surface area contributed by atoms with Gasteiger partial charge in [0.25, 0.3) is 0 Å². The van der Waals surface area contributed by atoms with Crippen LogP contribution in [0.4, 0.5) is 0 Å². The fourth-order valence-electron chi connectivity index (χ4n) is 1.53. The van der Waals surface area contributed by atoms with Crippen molar-refractivity contribution in [2.24, 2.45) is 13.0 Å². The summed E-state index contributed by atoms with van der Waals surface area (Å²) in [6.45, 7) is 6.05. The number of hydrogen-bond acceptors (Lipinski definition) is 3. The van der Waals surface area contributed by atoms with Gasteiger partial charge >= 0.3 is 0 Å². The normalized spacial score (nSPS) is 15.9. The number of hydrogen-bond donors (Lipinski definition) is 1. The molecule has 0 aliphatic rings. The lowest BCUT2D eigenvalue weighted by molar-refractivity contribution is -0.00912. The Morgan fingerprint density at radius 2 is 2.21 bits per heavy atom. The molecule has 1 atom stereocenters. The summed E-state index contributed by atoms with van der Waals surface area (Å²) in [5.41, 5.74) is 0.196. The third-order valence-electron chi connectivity index (χ3n) is 2.82. The lowest BCUT2D eigenvalue weighted by Crippen LogP contribution is -2.36. The van der Waals surface area contributed by atoms with Crippen molar-refractivity contribution in [1.29, 1.82) is 0 Å². The van der Waals surface area contributed by atoms with Gasteiger partial charge < -0.3 is 5.11 Å². The Bertz CT molecular complexity index is 295. The molecule has 4 nitrogen and oxygen atoms in total. The van der Waals surface area contributed by atoms with E-state index in [2.05, 4.69) is 10.3 Å². The summed E-state index contributed by atoms with van der Waals surface area (Å²) in [6, 6.07) is 0. The zero-order valence-electron chi connectivity index (χ0n) is 9.36. The van der Waals surface area contributed by atoms with E-state index in [0.29, 0.717) is 6.42 Å². The van der Waals surface area contributed by atoms with Crippen molar-refractivity contribution in [2.75, 3.05) is 0 Å². The molecule has 1 aromatic rings. The summed E-state index contributed by atoms with van der Waals surface area (Å²) < 4.78 is 1.66. The van der Waals surface area contributed by atoms with Crippen molar-refractivity contribution >= 4 is 0 Å². The lowest BCUT2D eigenvalue weighted by Gasteiger charge is -2.30. The molecule has 14 heavy (non-hydrogen) atoms. The highest BCUT2D eigenvalue weighted by Gasteiger charge is 2.30. The van der Waals surface area contributed by atoms with E-state index in [1.165, 1.54) is 0 Å². The van der Waals surface area contributed by atoms with Crippen LogP contribution >= 0.6 is 0 Å². The molecule has 0 fully saturated rings. The van der Waals surface area contributed by atoms with Crippen molar-refractivity contribution in [3.05, 3.63) is 11.9 Å². The second-order valence-electron chi connectivity index (χ2n) is 4.17. The lowest BCUT2D eigenvalue weighted by atomic mass is 9.84. The molecule has 0 aromatic carbocycles. The first kappa shape index (κ1) is 11.2. The quantitative estimate of drug-likeness (QED) is 0.788. The van der Waals surface area contributed by atoms with Crippen molar-refractivity contribution in [3.63, 3.8) is 0 Å². The molecule has 4 heteroatoms. The minimum atomic E-state index is -0.657. The van der Waals surface area contributed by atoms with Crippen LogP contribution in [0.15, 0.2) is 6.20 Å². The van der Waals surface area contributed by atoms with E-state index in [-0.39, 0.29) is 5.92 Å². The summed E-state index contributed by atoms with van der Waals surface area (Å²) >= 11 is 0. The first-order chi connectivity index (χ1) is 6.48. The van der Waals surface area contributed by atoms with Gasteiger partial charge in [-0.05, 0) is 12.3 Å². The first-order valence-corrected chi connectivity index (χ1v) is 5.05. The first-order valence-electron chi connectivity index (χ1n) is 5.05. The molecule has 0 saturated heterocycles. The van der Waals surface area contributed by atoms with Crippen LogP contribution in [0.1, 0.15) is 32.9 Å². The third-order valence-corrected chi connectivity index (χ3v) is 2.82. The van der Waals surface area contributed by atoms with Crippen molar-refractivity contribution < 1.29 is 5.11 Å². The highest BCUT2D eigenvalue weighted by Crippen LogP contribution is 2.24. The second kappa shape index (κ2) is 4.09. The van der Waals surface area contributed by atoms with E-state index in [1.807, 2.05) is 34.0 Å². The van der Waals surface area contributed by atoms with Crippen LogP contribution < -0.4 is 0 Å². The molecule has 1 rings (SSSR count). The highest BCUT2D eigenvalue weighted by atomic mass is 16.3. The van der Waals surface area contributed by atoms with Gasteiger partial charge in [-0.25, -0.2) is 0 Å². The molecule has 80 valence electrons. The fourth-order valence-corrected chi connectivity index (χ4v) is 1.53. The summed E-state index contributed by atoms with van der Waals surface area (Å²) in [6.07, 6.45) is 3.17. The van der Waals surface area contributed by atoms with E-state index in [4.69, 9.17) is 0 Å². The van der Waals surface area contributed by atoms with E-state index in [9.17, 15) is 5.11 Å². The van der Waals surface area contributed by atoms with Gasteiger partial charge in [-0.15, -0.1) is 5.10 Å². The monoisotopic (exact) mass is 197 g/mol. The van der Waals surface area contributed by atoms with Crippen LogP contribution in [0.5, 0.6) is 0 Å². The predicted molar refractivity (Wildman–Crippen MR) is 54.8 cm³/mol. The minimum Gasteiger partial charge on any atom is -0.389 e. The van der Waals surface area contributed by atoms with Crippen LogP contribution in [0, 0.1) is 5.92 Å². The summed E-state index contributed by atoms with van der Waals surface area (Å²) in [5, 5.41) is 18.1. The Morgan fingerprint density at radius 3 is 2.57 bits per heavy atom. The van der Waals surface area contributed by atoms with Gasteiger partial charge in [0, 0.05) is 19.7 Å². The summed E-state index contributed by atoms with van der Waals surface area (Å²) in [7, 11) is 1.83. The van der Waals surface area contributed by atoms with Crippen molar-refractivity contribution in [3.8, 4) is 0 Å². The standard InChI is InChI=1S/C10H19N3O/c1-5-10(14,8(2)3)6-9-7-13(4)12-11-9/h7-8,14H,5-6H2,1-4H3. The van der Waals surface area contributed by atoms with Crippen molar-refractivity contribution in [1.82, 2.24) is 15.0 Å². The Morgan fingerprint density at radius 1 is 1.57 bits per heavy atom. The van der Waals surface area contributed by atoms with E-state index in [0.717, 1.165) is 12.1 Å². The number of aromatic nitrogens is 3. The Kier molecular flexibility index (Phi) is 3.26. The Labute approximate surface area is 84.9 Å². The molecule has 0 bridgehead atoms. The molecule has 0 aliphatic carbocycles. The van der Waals surface area contributed by atoms with Gasteiger partial charge in [0.1, 0.15) is 0 Å². The molecule has 0 amide bonds. The highest BCUT2D eigenvalue weighted by molar-refractivity contribution is 5.00. The Hall–Kier alpha value is -0.900. The Balaban J connectivity index is 2.75. The van der Waals surface area contributed by atoms with Gasteiger partial charge in [0.15, 0.2) is 0 Å².